The normalized spacial score (nSPS) is 12.2. The molecule has 26 heavy (non-hydrogen) atoms. The first kappa shape index (κ1) is 20.8. The second-order valence-corrected chi connectivity index (χ2v) is 5.67. The SMILES string of the molecule is C=CC(/C=C\N=C\Oc1ccc(C(C)(C)C#N)cc1F)=C\C(=O)OCC. The number of aliphatic imine (C=N–C) groups is 1. The highest BCUT2D eigenvalue weighted by atomic mass is 19.1. The van der Waals surface area contributed by atoms with Gasteiger partial charge in [0.1, 0.15) is 0 Å². The number of allylic oxidation sites excluding steroid dienone is 3. The van der Waals surface area contributed by atoms with Crippen molar-refractivity contribution in [3.05, 3.63) is 66.2 Å². The van der Waals surface area contributed by atoms with E-state index in [1.54, 1.807) is 26.8 Å². The molecule has 0 spiro atoms. The summed E-state index contributed by atoms with van der Waals surface area (Å²) in [5, 5.41) is 9.08. The number of halogens is 1. The Morgan fingerprint density at radius 3 is 2.77 bits per heavy atom. The number of esters is 1. The van der Waals surface area contributed by atoms with Crippen molar-refractivity contribution in [1.29, 1.82) is 5.26 Å². The van der Waals surface area contributed by atoms with Crippen LogP contribution in [0.25, 0.3) is 0 Å². The standard InChI is InChI=1S/C20H21FN2O3/c1-5-15(11-19(24)25-6-2)9-10-23-14-26-18-8-7-16(12-17(18)21)20(3,4)13-22/h5,7-12,14H,1,6H2,2-4H3/b10-9-,15-11+,23-14+. The van der Waals surface area contributed by atoms with Gasteiger partial charge < -0.3 is 9.47 Å². The lowest BCUT2D eigenvalue weighted by atomic mass is 9.86. The maximum absolute atomic E-state index is 14.0. The number of carbonyl (C=O) groups excluding carboxylic acids is 1. The van der Waals surface area contributed by atoms with Crippen LogP contribution in [-0.2, 0) is 14.9 Å². The Bertz CT molecular complexity index is 787. The van der Waals surface area contributed by atoms with E-state index in [4.69, 9.17) is 14.7 Å². The molecule has 0 saturated heterocycles. The zero-order chi connectivity index (χ0) is 19.6. The molecule has 0 atom stereocenters. The number of carbonyl (C=O) groups is 1. The third-order valence-corrected chi connectivity index (χ3v) is 3.33. The molecule has 0 aliphatic rings. The van der Waals surface area contributed by atoms with Crippen molar-refractivity contribution in [2.45, 2.75) is 26.2 Å². The highest BCUT2D eigenvalue weighted by molar-refractivity contribution is 5.84. The second-order valence-electron chi connectivity index (χ2n) is 5.67. The van der Waals surface area contributed by atoms with E-state index in [2.05, 4.69) is 17.6 Å². The summed E-state index contributed by atoms with van der Waals surface area (Å²) in [7, 11) is 0. The van der Waals surface area contributed by atoms with Crippen molar-refractivity contribution < 1.29 is 18.7 Å². The quantitative estimate of drug-likeness (QED) is 0.230. The smallest absolute Gasteiger partial charge is 0.331 e. The minimum Gasteiger partial charge on any atom is -0.463 e. The Morgan fingerprint density at radius 1 is 1.46 bits per heavy atom. The molecule has 1 aromatic rings. The summed E-state index contributed by atoms with van der Waals surface area (Å²) in [5.74, 6) is -1.07. The average molecular weight is 356 g/mol. The molecule has 5 nitrogen and oxygen atoms in total. The van der Waals surface area contributed by atoms with Gasteiger partial charge in [0, 0.05) is 12.3 Å². The van der Waals surface area contributed by atoms with Crippen LogP contribution in [0.15, 0.2) is 59.8 Å². The van der Waals surface area contributed by atoms with Gasteiger partial charge in [-0.3, -0.25) is 0 Å². The maximum atomic E-state index is 14.0. The Labute approximate surface area is 152 Å². The lowest BCUT2D eigenvalue weighted by Crippen LogP contribution is -2.14. The van der Waals surface area contributed by atoms with Crippen LogP contribution < -0.4 is 4.74 Å². The van der Waals surface area contributed by atoms with Gasteiger partial charge in [-0.05, 0) is 50.1 Å². The van der Waals surface area contributed by atoms with Crippen molar-refractivity contribution in [1.82, 2.24) is 0 Å². The van der Waals surface area contributed by atoms with Gasteiger partial charge in [-0.25, -0.2) is 14.2 Å². The zero-order valence-corrected chi connectivity index (χ0v) is 15.0. The first-order chi connectivity index (χ1) is 12.3. The Kier molecular flexibility index (Phi) is 7.97. The van der Waals surface area contributed by atoms with Crippen LogP contribution in [0.2, 0.25) is 0 Å². The van der Waals surface area contributed by atoms with Crippen LogP contribution in [0, 0.1) is 17.1 Å². The van der Waals surface area contributed by atoms with Gasteiger partial charge >= 0.3 is 5.97 Å². The molecule has 0 heterocycles. The van der Waals surface area contributed by atoms with Crippen LogP contribution in [-0.4, -0.2) is 19.0 Å². The summed E-state index contributed by atoms with van der Waals surface area (Å²) in [4.78, 5) is 15.2. The van der Waals surface area contributed by atoms with Crippen LogP contribution in [0.3, 0.4) is 0 Å². The Balaban J connectivity index is 2.73. The van der Waals surface area contributed by atoms with Crippen molar-refractivity contribution in [3.8, 4) is 11.8 Å². The van der Waals surface area contributed by atoms with Crippen LogP contribution >= 0.6 is 0 Å². The summed E-state index contributed by atoms with van der Waals surface area (Å²) in [6.07, 6.45) is 6.71. The largest absolute Gasteiger partial charge is 0.463 e. The monoisotopic (exact) mass is 356 g/mol. The number of nitriles is 1. The van der Waals surface area contributed by atoms with Gasteiger partial charge in [-0.2, -0.15) is 5.26 Å². The van der Waals surface area contributed by atoms with E-state index in [1.807, 2.05) is 0 Å². The van der Waals surface area contributed by atoms with Gasteiger partial charge in [0.2, 0.25) is 0 Å². The minimum atomic E-state index is -0.789. The van der Waals surface area contributed by atoms with E-state index in [-0.39, 0.29) is 12.4 Å². The highest BCUT2D eigenvalue weighted by Crippen LogP contribution is 2.26. The summed E-state index contributed by atoms with van der Waals surface area (Å²) in [6.45, 7) is 8.99. The summed E-state index contributed by atoms with van der Waals surface area (Å²) >= 11 is 0. The lowest BCUT2D eigenvalue weighted by Gasteiger charge is -2.16. The van der Waals surface area contributed by atoms with E-state index < -0.39 is 17.2 Å². The van der Waals surface area contributed by atoms with Crippen molar-refractivity contribution in [2.24, 2.45) is 4.99 Å². The van der Waals surface area contributed by atoms with Gasteiger partial charge in [0.25, 0.3) is 0 Å². The molecule has 6 heteroatoms. The lowest BCUT2D eigenvalue weighted by molar-refractivity contribution is -0.137. The number of nitrogens with zero attached hydrogens (tertiary/aromatic N) is 2. The number of hydrogen-bond acceptors (Lipinski definition) is 5. The molecule has 0 saturated carbocycles. The molecule has 0 N–H and O–H groups in total. The molecule has 0 unspecified atom stereocenters. The second kappa shape index (κ2) is 9.94. The third kappa shape index (κ3) is 6.36. The zero-order valence-electron chi connectivity index (χ0n) is 15.0. The highest BCUT2D eigenvalue weighted by Gasteiger charge is 2.21. The van der Waals surface area contributed by atoms with Crippen LogP contribution in [0.4, 0.5) is 4.39 Å². The van der Waals surface area contributed by atoms with E-state index in [9.17, 15) is 9.18 Å². The topological polar surface area (TPSA) is 71.7 Å². The first-order valence-electron chi connectivity index (χ1n) is 7.91. The summed E-state index contributed by atoms with van der Waals surface area (Å²) in [6, 6.07) is 6.44. The fourth-order valence-electron chi connectivity index (χ4n) is 1.80. The Morgan fingerprint density at radius 2 is 2.19 bits per heavy atom. The van der Waals surface area contributed by atoms with Crippen LogP contribution in [0.5, 0.6) is 5.75 Å². The number of benzene rings is 1. The number of rotatable bonds is 8. The third-order valence-electron chi connectivity index (χ3n) is 3.33. The molecule has 0 radical (unpaired) electrons. The molecule has 0 fully saturated rings. The molecule has 136 valence electrons. The van der Waals surface area contributed by atoms with Gasteiger partial charge in [-0.15, -0.1) is 0 Å². The first-order valence-corrected chi connectivity index (χ1v) is 7.91. The predicted octanol–water partition coefficient (Wildman–Crippen LogP) is 4.22. The number of hydrogen-bond donors (Lipinski definition) is 0. The maximum Gasteiger partial charge on any atom is 0.331 e. The molecule has 0 aliphatic heterocycles. The van der Waals surface area contributed by atoms with Gasteiger partial charge in [-0.1, -0.05) is 18.7 Å². The minimum absolute atomic E-state index is 0.00866. The fraction of sp³-hybridized carbons (Fsp3) is 0.250. The molecule has 0 bridgehead atoms. The molecule has 0 aliphatic carbocycles. The molecule has 1 aromatic carbocycles. The van der Waals surface area contributed by atoms with Crippen molar-refractivity contribution in [3.63, 3.8) is 0 Å². The fourth-order valence-corrected chi connectivity index (χ4v) is 1.80. The van der Waals surface area contributed by atoms with Gasteiger partial charge in [0.05, 0.1) is 18.1 Å². The van der Waals surface area contributed by atoms with E-state index in [1.165, 1.54) is 36.6 Å². The van der Waals surface area contributed by atoms with Crippen molar-refractivity contribution >= 4 is 12.4 Å². The number of ether oxygens (including phenoxy) is 2. The Hall–Kier alpha value is -3.20. The molecular formula is C20H21FN2O3. The predicted molar refractivity (Wildman–Crippen MR) is 98.2 cm³/mol. The molecule has 1 rings (SSSR count). The van der Waals surface area contributed by atoms with E-state index in [0.29, 0.717) is 11.1 Å². The summed E-state index contributed by atoms with van der Waals surface area (Å²) in [5.41, 5.74) is 0.277. The van der Waals surface area contributed by atoms with Crippen molar-refractivity contribution in [2.75, 3.05) is 6.61 Å². The van der Waals surface area contributed by atoms with Gasteiger partial charge in [0.15, 0.2) is 18.0 Å². The average Bonchev–Trinajstić information content (AvgIpc) is 2.61. The van der Waals surface area contributed by atoms with E-state index >= 15 is 0 Å². The molecule has 0 amide bonds. The van der Waals surface area contributed by atoms with Crippen LogP contribution in [0.1, 0.15) is 26.3 Å². The summed E-state index contributed by atoms with van der Waals surface area (Å²) < 4.78 is 24.0. The molecular weight excluding hydrogens is 335 g/mol. The molecule has 0 aromatic heterocycles. The van der Waals surface area contributed by atoms with E-state index in [0.717, 1.165) is 6.40 Å².